The van der Waals surface area contributed by atoms with Crippen molar-refractivity contribution in [1.29, 1.82) is 0 Å². The van der Waals surface area contributed by atoms with E-state index in [9.17, 15) is 13.5 Å². The lowest BCUT2D eigenvalue weighted by Gasteiger charge is -2.12. The number of rotatable bonds is 5. The average Bonchev–Trinajstić information content (AvgIpc) is 2.46. The van der Waals surface area contributed by atoms with Crippen molar-refractivity contribution in [2.24, 2.45) is 0 Å². The van der Waals surface area contributed by atoms with Crippen LogP contribution in [0.3, 0.4) is 0 Å². The second-order valence-electron chi connectivity index (χ2n) is 4.95. The molecular weight excluding hydrogens is 286 g/mol. The molecule has 2 rings (SSSR count). The van der Waals surface area contributed by atoms with Crippen molar-refractivity contribution < 1.29 is 13.5 Å². The van der Waals surface area contributed by atoms with Crippen LogP contribution in [-0.2, 0) is 23.2 Å². The molecule has 2 N–H and O–H groups in total. The quantitative estimate of drug-likeness (QED) is 0.890. The van der Waals surface area contributed by atoms with Gasteiger partial charge in [0.15, 0.2) is 0 Å². The van der Waals surface area contributed by atoms with Gasteiger partial charge in [0.1, 0.15) is 0 Å². The third-order valence-corrected chi connectivity index (χ3v) is 5.12. The minimum Gasteiger partial charge on any atom is -0.392 e. The first-order chi connectivity index (χ1) is 9.95. The van der Waals surface area contributed by atoms with E-state index in [-0.39, 0.29) is 18.0 Å². The van der Waals surface area contributed by atoms with Crippen LogP contribution in [0.2, 0.25) is 0 Å². The highest BCUT2D eigenvalue weighted by molar-refractivity contribution is 7.89. The van der Waals surface area contributed by atoms with Crippen LogP contribution in [0.4, 0.5) is 0 Å². The van der Waals surface area contributed by atoms with Gasteiger partial charge in [0.2, 0.25) is 10.0 Å². The number of hydrogen-bond acceptors (Lipinski definition) is 3. The summed E-state index contributed by atoms with van der Waals surface area (Å²) in [5.41, 5.74) is 3.18. The molecule has 0 aliphatic heterocycles. The van der Waals surface area contributed by atoms with Crippen LogP contribution in [0.1, 0.15) is 22.3 Å². The van der Waals surface area contributed by atoms with E-state index in [0.717, 1.165) is 11.1 Å². The predicted molar refractivity (Wildman–Crippen MR) is 82.3 cm³/mol. The summed E-state index contributed by atoms with van der Waals surface area (Å²) in [6, 6.07) is 12.6. The number of sulfonamides is 1. The summed E-state index contributed by atoms with van der Waals surface area (Å²) in [5.74, 6) is 0. The summed E-state index contributed by atoms with van der Waals surface area (Å²) >= 11 is 0. The van der Waals surface area contributed by atoms with E-state index in [0.29, 0.717) is 11.1 Å². The molecule has 0 saturated heterocycles. The van der Waals surface area contributed by atoms with Gasteiger partial charge in [-0.2, -0.15) is 0 Å². The normalized spacial score (nSPS) is 11.6. The molecule has 0 spiro atoms. The molecule has 2 aromatic carbocycles. The van der Waals surface area contributed by atoms with E-state index in [4.69, 9.17) is 0 Å². The Morgan fingerprint density at radius 1 is 1.00 bits per heavy atom. The fourth-order valence-corrected chi connectivity index (χ4v) is 3.47. The number of benzene rings is 2. The molecule has 0 aromatic heterocycles. The van der Waals surface area contributed by atoms with E-state index >= 15 is 0 Å². The fraction of sp³-hybridized carbons (Fsp3) is 0.250. The molecule has 0 unspecified atom stereocenters. The monoisotopic (exact) mass is 305 g/mol. The Morgan fingerprint density at radius 2 is 1.67 bits per heavy atom. The number of aryl methyl sites for hydroxylation is 1. The molecule has 2 aromatic rings. The highest BCUT2D eigenvalue weighted by atomic mass is 32.2. The lowest BCUT2D eigenvalue weighted by atomic mass is 10.1. The molecule has 0 saturated carbocycles. The molecule has 0 amide bonds. The largest absolute Gasteiger partial charge is 0.392 e. The van der Waals surface area contributed by atoms with Gasteiger partial charge in [0.25, 0.3) is 0 Å². The average molecular weight is 305 g/mol. The van der Waals surface area contributed by atoms with Crippen molar-refractivity contribution in [3.63, 3.8) is 0 Å². The summed E-state index contributed by atoms with van der Waals surface area (Å²) < 4.78 is 27.4. The Balaban J connectivity index is 2.26. The minimum atomic E-state index is -3.60. The van der Waals surface area contributed by atoms with Gasteiger partial charge in [-0.1, -0.05) is 36.4 Å². The maximum absolute atomic E-state index is 12.4. The van der Waals surface area contributed by atoms with Crippen LogP contribution in [0.25, 0.3) is 0 Å². The summed E-state index contributed by atoms with van der Waals surface area (Å²) in [4.78, 5) is 0.211. The van der Waals surface area contributed by atoms with Crippen LogP contribution in [0, 0.1) is 13.8 Å². The Labute approximate surface area is 125 Å². The summed E-state index contributed by atoms with van der Waals surface area (Å²) in [6.07, 6.45) is 0. The van der Waals surface area contributed by atoms with Gasteiger partial charge in [-0.25, -0.2) is 13.1 Å². The molecule has 0 heterocycles. The summed E-state index contributed by atoms with van der Waals surface area (Å²) in [7, 11) is -3.60. The number of aliphatic hydroxyl groups excluding tert-OH is 1. The second-order valence-corrected chi connectivity index (χ2v) is 6.68. The van der Waals surface area contributed by atoms with Crippen LogP contribution >= 0.6 is 0 Å². The third kappa shape index (κ3) is 3.50. The molecule has 0 fully saturated rings. The van der Waals surface area contributed by atoms with Gasteiger partial charge in [-0.05, 0) is 42.2 Å². The smallest absolute Gasteiger partial charge is 0.241 e. The zero-order chi connectivity index (χ0) is 15.5. The number of nitrogens with one attached hydrogen (secondary N) is 1. The standard InChI is InChI=1S/C16H19NO3S/c1-12-6-3-4-7-14(12)10-17-21(19,20)16-9-5-8-15(11-18)13(16)2/h3-9,17-18H,10-11H2,1-2H3. The van der Waals surface area contributed by atoms with Gasteiger partial charge in [0.05, 0.1) is 11.5 Å². The first-order valence-electron chi connectivity index (χ1n) is 6.69. The van der Waals surface area contributed by atoms with Gasteiger partial charge < -0.3 is 5.11 Å². The van der Waals surface area contributed by atoms with Crippen LogP contribution < -0.4 is 4.72 Å². The van der Waals surface area contributed by atoms with Gasteiger partial charge in [-0.3, -0.25) is 0 Å². The lowest BCUT2D eigenvalue weighted by Crippen LogP contribution is -2.24. The maximum atomic E-state index is 12.4. The van der Waals surface area contributed by atoms with Crippen molar-refractivity contribution in [3.8, 4) is 0 Å². The summed E-state index contributed by atoms with van der Waals surface area (Å²) in [5, 5.41) is 9.24. The highest BCUT2D eigenvalue weighted by Crippen LogP contribution is 2.19. The van der Waals surface area contributed by atoms with E-state index in [1.165, 1.54) is 0 Å². The second kappa shape index (κ2) is 6.39. The Bertz CT molecular complexity index is 739. The highest BCUT2D eigenvalue weighted by Gasteiger charge is 2.18. The molecule has 21 heavy (non-hydrogen) atoms. The number of aliphatic hydroxyl groups is 1. The molecule has 112 valence electrons. The molecule has 0 aliphatic carbocycles. The Kier molecular flexibility index (Phi) is 4.77. The molecule has 0 bridgehead atoms. The third-order valence-electron chi connectivity index (χ3n) is 3.57. The molecular formula is C16H19NO3S. The summed E-state index contributed by atoms with van der Waals surface area (Å²) in [6.45, 7) is 3.72. The van der Waals surface area contributed by atoms with Gasteiger partial charge in [0, 0.05) is 6.54 Å². The number of hydrogen-bond donors (Lipinski definition) is 2. The van der Waals surface area contributed by atoms with E-state index in [1.807, 2.05) is 31.2 Å². The van der Waals surface area contributed by atoms with E-state index in [1.54, 1.807) is 25.1 Å². The van der Waals surface area contributed by atoms with Crippen LogP contribution in [-0.4, -0.2) is 13.5 Å². The molecule has 4 nitrogen and oxygen atoms in total. The molecule has 0 aliphatic rings. The van der Waals surface area contributed by atoms with Gasteiger partial charge >= 0.3 is 0 Å². The first kappa shape index (κ1) is 15.7. The van der Waals surface area contributed by atoms with E-state index in [2.05, 4.69) is 4.72 Å². The molecule has 5 heteroatoms. The maximum Gasteiger partial charge on any atom is 0.241 e. The van der Waals surface area contributed by atoms with E-state index < -0.39 is 10.0 Å². The van der Waals surface area contributed by atoms with Crippen molar-refractivity contribution in [3.05, 3.63) is 64.7 Å². The first-order valence-corrected chi connectivity index (χ1v) is 8.17. The SMILES string of the molecule is Cc1ccccc1CNS(=O)(=O)c1cccc(CO)c1C. The van der Waals surface area contributed by atoms with Crippen molar-refractivity contribution in [1.82, 2.24) is 4.72 Å². The Morgan fingerprint density at radius 3 is 2.33 bits per heavy atom. The van der Waals surface area contributed by atoms with Crippen molar-refractivity contribution >= 4 is 10.0 Å². The molecule has 0 atom stereocenters. The Hall–Kier alpha value is -1.69. The van der Waals surface area contributed by atoms with Gasteiger partial charge in [-0.15, -0.1) is 0 Å². The predicted octanol–water partition coefficient (Wildman–Crippen LogP) is 2.27. The molecule has 0 radical (unpaired) electrons. The van der Waals surface area contributed by atoms with Crippen molar-refractivity contribution in [2.45, 2.75) is 31.9 Å². The zero-order valence-corrected chi connectivity index (χ0v) is 12.9. The topological polar surface area (TPSA) is 66.4 Å². The minimum absolute atomic E-state index is 0.174. The zero-order valence-electron chi connectivity index (χ0n) is 12.1. The van der Waals surface area contributed by atoms with Crippen LogP contribution in [0.15, 0.2) is 47.4 Å². The fourth-order valence-electron chi connectivity index (χ4n) is 2.18. The van der Waals surface area contributed by atoms with Crippen molar-refractivity contribution in [2.75, 3.05) is 0 Å². The lowest BCUT2D eigenvalue weighted by molar-refractivity contribution is 0.280. The van der Waals surface area contributed by atoms with Crippen LogP contribution in [0.5, 0.6) is 0 Å².